The summed E-state index contributed by atoms with van der Waals surface area (Å²) in [6.07, 6.45) is 9.27. The van der Waals surface area contributed by atoms with E-state index in [1.165, 1.54) is 18.4 Å². The van der Waals surface area contributed by atoms with Crippen LogP contribution >= 0.6 is 11.6 Å². The smallest absolute Gasteiger partial charge is 0.258 e. The highest BCUT2D eigenvalue weighted by Gasteiger charge is 2.42. The summed E-state index contributed by atoms with van der Waals surface area (Å²) in [6.45, 7) is 2.12. The molecule has 162 valence electrons. The molecule has 2 amide bonds. The molecule has 0 bridgehead atoms. The standard InChI is InChI=1S/C23H29ClN2O4/c24-18-6-7-20-19(14-18)22(28)26(16-23(30-20)9-12-29-13-10-23)15-21(27)25-11-8-17-4-2-1-3-5-17/h4,6-7,14H,1-3,5,8-13,15-16H2,(H,25,27). The Morgan fingerprint density at radius 1 is 1.23 bits per heavy atom. The number of hydrogen-bond acceptors (Lipinski definition) is 4. The van der Waals surface area contributed by atoms with Crippen molar-refractivity contribution >= 4 is 23.4 Å². The fraction of sp³-hybridized carbons (Fsp3) is 0.565. The van der Waals surface area contributed by atoms with Crippen molar-refractivity contribution in [1.82, 2.24) is 10.2 Å². The van der Waals surface area contributed by atoms with E-state index in [2.05, 4.69) is 11.4 Å². The van der Waals surface area contributed by atoms with Crippen LogP contribution in [0.4, 0.5) is 0 Å². The third-order valence-corrected chi connectivity index (χ3v) is 6.39. The zero-order valence-corrected chi connectivity index (χ0v) is 18.0. The van der Waals surface area contributed by atoms with E-state index >= 15 is 0 Å². The van der Waals surface area contributed by atoms with Crippen molar-refractivity contribution in [3.63, 3.8) is 0 Å². The Labute approximate surface area is 182 Å². The van der Waals surface area contributed by atoms with Gasteiger partial charge in [-0.2, -0.15) is 0 Å². The monoisotopic (exact) mass is 432 g/mol. The third kappa shape index (κ3) is 4.98. The minimum absolute atomic E-state index is 0.00972. The van der Waals surface area contributed by atoms with Crippen molar-refractivity contribution in [2.45, 2.75) is 50.5 Å². The molecule has 7 heteroatoms. The summed E-state index contributed by atoms with van der Waals surface area (Å²) in [4.78, 5) is 27.5. The van der Waals surface area contributed by atoms with Crippen LogP contribution in [0.15, 0.2) is 29.8 Å². The molecule has 0 saturated carbocycles. The topological polar surface area (TPSA) is 67.9 Å². The summed E-state index contributed by atoms with van der Waals surface area (Å²) in [7, 11) is 0. The molecule has 0 aromatic heterocycles. The van der Waals surface area contributed by atoms with Gasteiger partial charge >= 0.3 is 0 Å². The molecular weight excluding hydrogens is 404 g/mol. The number of hydrogen-bond donors (Lipinski definition) is 1. The van der Waals surface area contributed by atoms with Gasteiger partial charge in [-0.25, -0.2) is 0 Å². The molecular formula is C23H29ClN2O4. The molecule has 30 heavy (non-hydrogen) atoms. The molecule has 2 aliphatic heterocycles. The molecule has 1 spiro atoms. The molecule has 1 fully saturated rings. The summed E-state index contributed by atoms with van der Waals surface area (Å²) < 4.78 is 11.9. The number of nitrogens with zero attached hydrogens (tertiary/aromatic N) is 1. The van der Waals surface area contributed by atoms with Gasteiger partial charge in [0.1, 0.15) is 11.4 Å². The first-order chi connectivity index (χ1) is 14.5. The lowest BCUT2D eigenvalue weighted by Crippen LogP contribution is -2.52. The number of halogens is 1. The zero-order valence-electron chi connectivity index (χ0n) is 17.3. The Morgan fingerprint density at radius 2 is 2.07 bits per heavy atom. The average Bonchev–Trinajstić information content (AvgIpc) is 2.85. The Morgan fingerprint density at radius 3 is 2.83 bits per heavy atom. The van der Waals surface area contributed by atoms with Crippen LogP contribution in [0.1, 0.15) is 55.3 Å². The van der Waals surface area contributed by atoms with E-state index in [1.807, 2.05) is 0 Å². The van der Waals surface area contributed by atoms with Crippen molar-refractivity contribution < 1.29 is 19.1 Å². The lowest BCUT2D eigenvalue weighted by atomic mass is 9.93. The first-order valence-electron chi connectivity index (χ1n) is 10.8. The van der Waals surface area contributed by atoms with Crippen molar-refractivity contribution in [3.05, 3.63) is 40.4 Å². The number of rotatable bonds is 5. The van der Waals surface area contributed by atoms with Crippen molar-refractivity contribution in [3.8, 4) is 5.75 Å². The van der Waals surface area contributed by atoms with Gasteiger partial charge in [-0.05, 0) is 50.3 Å². The summed E-state index contributed by atoms with van der Waals surface area (Å²) in [5, 5.41) is 3.45. The first-order valence-corrected chi connectivity index (χ1v) is 11.2. The van der Waals surface area contributed by atoms with Crippen LogP contribution in [0.2, 0.25) is 5.02 Å². The highest BCUT2D eigenvalue weighted by atomic mass is 35.5. The predicted octanol–water partition coefficient (Wildman–Crippen LogP) is 3.73. The van der Waals surface area contributed by atoms with Crippen LogP contribution in [-0.4, -0.2) is 55.2 Å². The van der Waals surface area contributed by atoms with Crippen molar-refractivity contribution in [2.75, 3.05) is 32.8 Å². The van der Waals surface area contributed by atoms with E-state index < -0.39 is 5.60 Å². The van der Waals surface area contributed by atoms with E-state index in [0.717, 1.165) is 19.3 Å². The quantitative estimate of drug-likeness (QED) is 0.720. The number of allylic oxidation sites excluding steroid dienone is 1. The highest BCUT2D eigenvalue weighted by molar-refractivity contribution is 6.31. The molecule has 1 aromatic carbocycles. The fourth-order valence-electron chi connectivity index (χ4n) is 4.47. The molecule has 3 aliphatic rings. The molecule has 6 nitrogen and oxygen atoms in total. The molecule has 0 atom stereocenters. The van der Waals surface area contributed by atoms with Gasteiger partial charge in [0.15, 0.2) is 0 Å². The lowest BCUT2D eigenvalue weighted by Gasteiger charge is -2.38. The number of benzene rings is 1. The number of fused-ring (bicyclic) bond motifs is 1. The molecule has 2 heterocycles. The largest absolute Gasteiger partial charge is 0.484 e. The Kier molecular flexibility index (Phi) is 6.64. The summed E-state index contributed by atoms with van der Waals surface area (Å²) in [6, 6.07) is 5.09. The minimum atomic E-state index is -0.541. The molecule has 4 rings (SSSR count). The minimum Gasteiger partial charge on any atom is -0.484 e. The number of nitrogens with one attached hydrogen (secondary N) is 1. The Hall–Kier alpha value is -2.05. The summed E-state index contributed by atoms with van der Waals surface area (Å²) >= 11 is 6.14. The lowest BCUT2D eigenvalue weighted by molar-refractivity contribution is -0.122. The molecule has 0 unspecified atom stereocenters. The van der Waals surface area contributed by atoms with Crippen LogP contribution in [0.25, 0.3) is 0 Å². The maximum absolute atomic E-state index is 13.2. The number of carbonyl (C=O) groups excluding carboxylic acids is 2. The average molecular weight is 433 g/mol. The fourth-order valence-corrected chi connectivity index (χ4v) is 4.64. The maximum atomic E-state index is 13.2. The highest BCUT2D eigenvalue weighted by Crippen LogP contribution is 2.36. The SMILES string of the molecule is O=C(CN1CC2(CCOCC2)Oc2ccc(Cl)cc2C1=O)NCCC1=CCCCC1. The van der Waals surface area contributed by atoms with Gasteiger partial charge in [0, 0.05) is 24.4 Å². The molecule has 1 aromatic rings. The molecule has 1 aliphatic carbocycles. The number of ether oxygens (including phenoxy) is 2. The van der Waals surface area contributed by atoms with Crippen LogP contribution < -0.4 is 10.1 Å². The van der Waals surface area contributed by atoms with E-state index in [0.29, 0.717) is 55.5 Å². The Bertz CT molecular complexity index is 832. The van der Waals surface area contributed by atoms with Gasteiger partial charge in [0.25, 0.3) is 5.91 Å². The van der Waals surface area contributed by atoms with E-state index in [-0.39, 0.29) is 18.4 Å². The van der Waals surface area contributed by atoms with Crippen LogP contribution in [0.5, 0.6) is 5.75 Å². The van der Waals surface area contributed by atoms with Crippen LogP contribution in [0.3, 0.4) is 0 Å². The zero-order chi connectivity index (χ0) is 21.0. The van der Waals surface area contributed by atoms with Gasteiger partial charge in [-0.15, -0.1) is 0 Å². The van der Waals surface area contributed by atoms with Gasteiger partial charge in [-0.1, -0.05) is 23.3 Å². The number of carbonyl (C=O) groups is 2. The maximum Gasteiger partial charge on any atom is 0.258 e. The Balaban J connectivity index is 1.45. The third-order valence-electron chi connectivity index (χ3n) is 6.16. The van der Waals surface area contributed by atoms with Gasteiger partial charge in [-0.3, -0.25) is 9.59 Å². The van der Waals surface area contributed by atoms with Gasteiger partial charge in [0.2, 0.25) is 5.91 Å². The van der Waals surface area contributed by atoms with Crippen molar-refractivity contribution in [2.24, 2.45) is 0 Å². The van der Waals surface area contributed by atoms with Crippen LogP contribution in [-0.2, 0) is 9.53 Å². The second-order valence-corrected chi connectivity index (χ2v) is 8.84. The molecule has 1 saturated heterocycles. The van der Waals surface area contributed by atoms with Crippen molar-refractivity contribution in [1.29, 1.82) is 0 Å². The van der Waals surface area contributed by atoms with E-state index in [4.69, 9.17) is 21.1 Å². The normalized spacial score (nSPS) is 20.8. The van der Waals surface area contributed by atoms with Crippen LogP contribution in [0, 0.1) is 0 Å². The van der Waals surface area contributed by atoms with E-state index in [9.17, 15) is 9.59 Å². The predicted molar refractivity (Wildman–Crippen MR) is 115 cm³/mol. The summed E-state index contributed by atoms with van der Waals surface area (Å²) in [5.74, 6) is 0.159. The first kappa shape index (κ1) is 21.2. The van der Waals surface area contributed by atoms with Gasteiger partial charge < -0.3 is 19.7 Å². The molecule has 0 radical (unpaired) electrons. The molecule has 1 N–H and O–H groups in total. The second kappa shape index (κ2) is 9.40. The van der Waals surface area contributed by atoms with E-state index in [1.54, 1.807) is 23.1 Å². The second-order valence-electron chi connectivity index (χ2n) is 8.41. The number of amides is 2. The summed E-state index contributed by atoms with van der Waals surface area (Å²) in [5.41, 5.74) is 1.29. The van der Waals surface area contributed by atoms with Gasteiger partial charge in [0.05, 0.1) is 31.9 Å².